The van der Waals surface area contributed by atoms with Gasteiger partial charge in [-0.2, -0.15) is 5.10 Å². The Hall–Kier alpha value is -1.39. The van der Waals surface area contributed by atoms with Gasteiger partial charge >= 0.3 is 5.97 Å². The monoisotopic (exact) mass is 195 g/mol. The third-order valence-corrected chi connectivity index (χ3v) is 2.78. The molecule has 2 N–H and O–H groups in total. The van der Waals surface area contributed by atoms with Crippen molar-refractivity contribution >= 4 is 5.97 Å². The maximum absolute atomic E-state index is 10.9. The number of aryl methyl sites for hydroxylation is 1. The second-order valence-corrected chi connectivity index (χ2v) is 3.76. The lowest BCUT2D eigenvalue weighted by molar-refractivity contribution is -0.142. The summed E-state index contributed by atoms with van der Waals surface area (Å²) >= 11 is 0. The molecule has 1 saturated carbocycles. The molecule has 14 heavy (non-hydrogen) atoms. The minimum Gasteiger partial charge on any atom is -0.481 e. The Labute approximate surface area is 81.6 Å². The first-order valence-corrected chi connectivity index (χ1v) is 4.80. The van der Waals surface area contributed by atoms with Crippen LogP contribution in [-0.4, -0.2) is 26.3 Å². The van der Waals surface area contributed by atoms with E-state index >= 15 is 0 Å². The van der Waals surface area contributed by atoms with Gasteiger partial charge in [-0.15, -0.1) is 0 Å². The Morgan fingerprint density at radius 3 is 2.93 bits per heavy atom. The van der Waals surface area contributed by atoms with E-state index in [0.29, 0.717) is 5.82 Å². The van der Waals surface area contributed by atoms with Crippen LogP contribution in [0, 0.1) is 12.8 Å². The van der Waals surface area contributed by atoms with Gasteiger partial charge in [0.05, 0.1) is 5.92 Å². The molecule has 1 aromatic rings. The van der Waals surface area contributed by atoms with Crippen LogP contribution in [0.3, 0.4) is 0 Å². The van der Waals surface area contributed by atoms with Gasteiger partial charge in [-0.1, -0.05) is 6.42 Å². The fourth-order valence-corrected chi connectivity index (χ4v) is 2.09. The molecule has 0 saturated heterocycles. The zero-order chi connectivity index (χ0) is 10.1. The second kappa shape index (κ2) is 3.40. The molecule has 0 spiro atoms. The zero-order valence-corrected chi connectivity index (χ0v) is 8.03. The van der Waals surface area contributed by atoms with E-state index in [1.54, 1.807) is 0 Å². The van der Waals surface area contributed by atoms with Gasteiger partial charge in [-0.05, 0) is 19.8 Å². The van der Waals surface area contributed by atoms with Gasteiger partial charge in [0.1, 0.15) is 5.82 Å². The summed E-state index contributed by atoms with van der Waals surface area (Å²) in [7, 11) is 0. The standard InChI is InChI=1S/C9H13N3O2/c1-5-10-8(12-11-5)6-3-2-4-7(6)9(13)14/h6-7H,2-4H2,1H3,(H,13,14)(H,10,11,12). The maximum atomic E-state index is 10.9. The summed E-state index contributed by atoms with van der Waals surface area (Å²) in [5.74, 6) is 0.376. The number of aromatic amines is 1. The number of carboxylic acids is 1. The molecular formula is C9H13N3O2. The van der Waals surface area contributed by atoms with E-state index in [-0.39, 0.29) is 11.8 Å². The fraction of sp³-hybridized carbons (Fsp3) is 0.667. The fourth-order valence-electron chi connectivity index (χ4n) is 2.09. The molecule has 76 valence electrons. The van der Waals surface area contributed by atoms with Crippen molar-refractivity contribution in [2.24, 2.45) is 5.92 Å². The van der Waals surface area contributed by atoms with Gasteiger partial charge in [0.15, 0.2) is 5.82 Å². The summed E-state index contributed by atoms with van der Waals surface area (Å²) in [6, 6.07) is 0. The lowest BCUT2D eigenvalue weighted by atomic mass is 9.96. The van der Waals surface area contributed by atoms with E-state index in [2.05, 4.69) is 15.2 Å². The van der Waals surface area contributed by atoms with Crippen molar-refractivity contribution in [3.05, 3.63) is 11.6 Å². The Balaban J connectivity index is 2.21. The van der Waals surface area contributed by atoms with Crippen LogP contribution in [0.4, 0.5) is 0 Å². The SMILES string of the molecule is Cc1nc(C2CCCC2C(=O)O)n[nH]1. The predicted molar refractivity (Wildman–Crippen MR) is 48.8 cm³/mol. The summed E-state index contributed by atoms with van der Waals surface area (Å²) < 4.78 is 0. The molecule has 1 heterocycles. The molecule has 0 amide bonds. The van der Waals surface area contributed by atoms with Crippen LogP contribution in [0.2, 0.25) is 0 Å². The van der Waals surface area contributed by atoms with Crippen LogP contribution < -0.4 is 0 Å². The van der Waals surface area contributed by atoms with Crippen molar-refractivity contribution in [1.82, 2.24) is 15.2 Å². The van der Waals surface area contributed by atoms with Crippen LogP contribution in [0.25, 0.3) is 0 Å². The summed E-state index contributed by atoms with van der Waals surface area (Å²) in [4.78, 5) is 15.1. The van der Waals surface area contributed by atoms with Crippen molar-refractivity contribution in [1.29, 1.82) is 0 Å². The molecule has 5 heteroatoms. The molecule has 2 rings (SSSR count). The van der Waals surface area contributed by atoms with Crippen molar-refractivity contribution in [2.45, 2.75) is 32.1 Å². The summed E-state index contributed by atoms with van der Waals surface area (Å²) in [6.07, 6.45) is 2.58. The van der Waals surface area contributed by atoms with Crippen molar-refractivity contribution in [2.75, 3.05) is 0 Å². The average molecular weight is 195 g/mol. The number of aliphatic carboxylic acids is 1. The first-order chi connectivity index (χ1) is 6.68. The van der Waals surface area contributed by atoms with E-state index in [1.807, 2.05) is 6.92 Å². The van der Waals surface area contributed by atoms with Crippen molar-refractivity contribution in [3.63, 3.8) is 0 Å². The summed E-state index contributed by atoms with van der Waals surface area (Å²) in [5.41, 5.74) is 0. The molecule has 0 aromatic carbocycles. The van der Waals surface area contributed by atoms with Gasteiger partial charge in [0.2, 0.25) is 0 Å². The topological polar surface area (TPSA) is 78.9 Å². The molecule has 1 aromatic heterocycles. The lowest BCUT2D eigenvalue weighted by Gasteiger charge is -2.10. The number of rotatable bonds is 2. The van der Waals surface area contributed by atoms with Crippen molar-refractivity contribution in [3.8, 4) is 0 Å². The third kappa shape index (κ3) is 1.49. The van der Waals surface area contributed by atoms with Gasteiger partial charge in [0, 0.05) is 5.92 Å². The lowest BCUT2D eigenvalue weighted by Crippen LogP contribution is -2.17. The van der Waals surface area contributed by atoms with Crippen LogP contribution >= 0.6 is 0 Å². The highest BCUT2D eigenvalue weighted by atomic mass is 16.4. The molecule has 1 fully saturated rings. The Morgan fingerprint density at radius 2 is 2.36 bits per heavy atom. The Kier molecular flexibility index (Phi) is 2.23. The van der Waals surface area contributed by atoms with Crippen LogP contribution in [0.5, 0.6) is 0 Å². The van der Waals surface area contributed by atoms with Gasteiger partial charge < -0.3 is 5.11 Å². The number of nitrogens with one attached hydrogen (secondary N) is 1. The largest absolute Gasteiger partial charge is 0.481 e. The van der Waals surface area contributed by atoms with Gasteiger partial charge in [-0.25, -0.2) is 4.98 Å². The number of nitrogens with zero attached hydrogens (tertiary/aromatic N) is 2. The quantitative estimate of drug-likeness (QED) is 0.740. The van der Waals surface area contributed by atoms with Crippen LogP contribution in [-0.2, 0) is 4.79 Å². The average Bonchev–Trinajstić information content (AvgIpc) is 2.70. The molecule has 1 aliphatic rings. The van der Waals surface area contributed by atoms with E-state index in [1.165, 1.54) is 0 Å². The normalized spacial score (nSPS) is 26.6. The first-order valence-electron chi connectivity index (χ1n) is 4.80. The van der Waals surface area contributed by atoms with E-state index in [4.69, 9.17) is 5.11 Å². The maximum Gasteiger partial charge on any atom is 0.307 e. The van der Waals surface area contributed by atoms with Crippen molar-refractivity contribution < 1.29 is 9.90 Å². The molecule has 1 aliphatic carbocycles. The molecule has 0 bridgehead atoms. The highest BCUT2D eigenvalue weighted by Gasteiger charge is 2.36. The molecule has 5 nitrogen and oxygen atoms in total. The predicted octanol–water partition coefficient (Wildman–Crippen LogP) is 1.08. The van der Waals surface area contributed by atoms with Crippen LogP contribution in [0.1, 0.15) is 36.8 Å². The highest BCUT2D eigenvalue weighted by molar-refractivity contribution is 5.71. The van der Waals surface area contributed by atoms with E-state index < -0.39 is 5.97 Å². The smallest absolute Gasteiger partial charge is 0.307 e. The van der Waals surface area contributed by atoms with E-state index in [9.17, 15) is 4.79 Å². The number of aromatic nitrogens is 3. The Bertz CT molecular complexity index is 348. The minimum absolute atomic E-state index is 0.00236. The third-order valence-electron chi connectivity index (χ3n) is 2.78. The number of H-pyrrole nitrogens is 1. The van der Waals surface area contributed by atoms with E-state index in [0.717, 1.165) is 25.1 Å². The number of carboxylic acid groups (broad SMARTS) is 1. The first kappa shape index (κ1) is 9.18. The second-order valence-electron chi connectivity index (χ2n) is 3.76. The highest BCUT2D eigenvalue weighted by Crippen LogP contribution is 2.38. The number of hydrogen-bond donors (Lipinski definition) is 2. The minimum atomic E-state index is -0.727. The number of hydrogen-bond acceptors (Lipinski definition) is 3. The molecule has 2 unspecified atom stereocenters. The molecule has 0 radical (unpaired) electrons. The molecule has 0 aliphatic heterocycles. The zero-order valence-electron chi connectivity index (χ0n) is 8.03. The van der Waals surface area contributed by atoms with Gasteiger partial charge in [0.25, 0.3) is 0 Å². The molecule has 2 atom stereocenters. The summed E-state index contributed by atoms with van der Waals surface area (Å²) in [6.45, 7) is 1.82. The molecular weight excluding hydrogens is 182 g/mol. The number of carbonyl (C=O) groups is 1. The van der Waals surface area contributed by atoms with Crippen LogP contribution in [0.15, 0.2) is 0 Å². The Morgan fingerprint density at radius 1 is 1.57 bits per heavy atom. The van der Waals surface area contributed by atoms with Gasteiger partial charge in [-0.3, -0.25) is 9.89 Å². The summed E-state index contributed by atoms with van der Waals surface area (Å²) in [5, 5.41) is 15.8.